The first-order valence-corrected chi connectivity index (χ1v) is 6.22. The van der Waals surface area contributed by atoms with Crippen LogP contribution in [0.2, 0.25) is 0 Å². The van der Waals surface area contributed by atoms with E-state index in [1.165, 1.54) is 6.07 Å². The zero-order valence-corrected chi connectivity index (χ0v) is 11.7. The number of carbonyl (C=O) groups excluding carboxylic acids is 2. The molecule has 0 aliphatic heterocycles. The van der Waals surface area contributed by atoms with Gasteiger partial charge in [-0.2, -0.15) is 8.78 Å². The number of nitrogens with two attached hydrogens (primary N) is 1. The molecule has 4 nitrogen and oxygen atoms in total. The Bertz CT molecular complexity index is 528. The monoisotopic (exact) mass is 284 g/mol. The van der Waals surface area contributed by atoms with E-state index < -0.39 is 29.3 Å². The van der Waals surface area contributed by atoms with E-state index >= 15 is 0 Å². The predicted molar refractivity (Wildman–Crippen MR) is 71.3 cm³/mol. The first-order chi connectivity index (χ1) is 9.16. The molecular weight excluding hydrogens is 266 g/mol. The minimum atomic E-state index is -3.71. The topological polar surface area (TPSA) is 72.2 Å². The second-order valence-electron chi connectivity index (χ2n) is 4.95. The molecule has 0 saturated heterocycles. The first kappa shape index (κ1) is 16.1. The third-order valence-corrected chi connectivity index (χ3v) is 2.80. The van der Waals surface area contributed by atoms with Crippen LogP contribution in [0, 0.1) is 6.92 Å². The van der Waals surface area contributed by atoms with Gasteiger partial charge in [-0.1, -0.05) is 18.2 Å². The van der Waals surface area contributed by atoms with Gasteiger partial charge in [0.2, 0.25) is 5.91 Å². The molecule has 0 unspecified atom stereocenters. The molecule has 0 saturated carbocycles. The summed E-state index contributed by atoms with van der Waals surface area (Å²) in [5.74, 6) is -5.81. The van der Waals surface area contributed by atoms with E-state index in [0.29, 0.717) is 5.56 Å². The summed E-state index contributed by atoms with van der Waals surface area (Å²) in [7, 11) is 0. The molecule has 0 atom stereocenters. The van der Waals surface area contributed by atoms with Gasteiger partial charge in [0.15, 0.2) is 0 Å². The molecule has 0 spiro atoms. The van der Waals surface area contributed by atoms with Gasteiger partial charge in [-0.3, -0.25) is 9.59 Å². The summed E-state index contributed by atoms with van der Waals surface area (Å²) in [5, 5.41) is 2.18. The Kier molecular flexibility index (Phi) is 4.81. The van der Waals surface area contributed by atoms with Crippen LogP contribution in [-0.2, 0) is 21.9 Å². The van der Waals surface area contributed by atoms with E-state index in [0.717, 1.165) is 6.07 Å². The number of carbonyl (C=O) groups is 2. The summed E-state index contributed by atoms with van der Waals surface area (Å²) in [5.41, 5.74) is 5.20. The molecule has 6 heteroatoms. The van der Waals surface area contributed by atoms with E-state index in [-0.39, 0.29) is 12.0 Å². The molecule has 0 radical (unpaired) electrons. The fraction of sp³-hybridized carbons (Fsp3) is 0.429. The summed E-state index contributed by atoms with van der Waals surface area (Å²) in [4.78, 5) is 22.7. The highest BCUT2D eigenvalue weighted by Crippen LogP contribution is 2.32. The number of amides is 2. The van der Waals surface area contributed by atoms with Crippen LogP contribution in [0.25, 0.3) is 0 Å². The van der Waals surface area contributed by atoms with Crippen molar-refractivity contribution >= 4 is 11.8 Å². The second-order valence-corrected chi connectivity index (χ2v) is 4.95. The van der Waals surface area contributed by atoms with Gasteiger partial charge in [0, 0.05) is 11.6 Å². The number of primary amides is 1. The highest BCUT2D eigenvalue weighted by atomic mass is 19.3. The van der Waals surface area contributed by atoms with Crippen LogP contribution in [0.5, 0.6) is 0 Å². The lowest BCUT2D eigenvalue weighted by atomic mass is 9.94. The number of nitrogens with one attached hydrogen (secondary N) is 1. The van der Waals surface area contributed by atoms with E-state index in [2.05, 4.69) is 5.32 Å². The molecule has 110 valence electrons. The van der Waals surface area contributed by atoms with Crippen LogP contribution in [-0.4, -0.2) is 17.9 Å². The number of rotatable bonds is 5. The lowest BCUT2D eigenvalue weighted by Crippen LogP contribution is -2.42. The Morgan fingerprint density at radius 3 is 2.45 bits per heavy atom. The average molecular weight is 284 g/mol. The lowest BCUT2D eigenvalue weighted by Gasteiger charge is -2.21. The highest BCUT2D eigenvalue weighted by Gasteiger charge is 2.43. The average Bonchev–Trinajstić information content (AvgIpc) is 2.30. The van der Waals surface area contributed by atoms with Gasteiger partial charge in [0.05, 0.1) is 6.42 Å². The smallest absolute Gasteiger partial charge is 0.350 e. The number of alkyl halides is 2. The van der Waals surface area contributed by atoms with Gasteiger partial charge in [0.25, 0.3) is 5.91 Å². The maximum absolute atomic E-state index is 14.2. The Morgan fingerprint density at radius 1 is 1.35 bits per heavy atom. The molecule has 0 aromatic heterocycles. The Balaban J connectivity index is 3.26. The SMILES string of the molecule is Cc1cccc(C(F)(F)C(=O)NC(C)C)c1CC(N)=O. The van der Waals surface area contributed by atoms with E-state index in [9.17, 15) is 18.4 Å². The molecule has 0 aliphatic carbocycles. The highest BCUT2D eigenvalue weighted by molar-refractivity contribution is 5.86. The third-order valence-electron chi connectivity index (χ3n) is 2.80. The van der Waals surface area contributed by atoms with Crippen molar-refractivity contribution in [2.75, 3.05) is 0 Å². The molecule has 0 fully saturated rings. The van der Waals surface area contributed by atoms with E-state index in [4.69, 9.17) is 5.73 Å². The zero-order chi connectivity index (χ0) is 15.5. The van der Waals surface area contributed by atoms with E-state index in [1.54, 1.807) is 26.8 Å². The fourth-order valence-electron chi connectivity index (χ4n) is 1.88. The van der Waals surface area contributed by atoms with Gasteiger partial charge in [-0.15, -0.1) is 0 Å². The van der Waals surface area contributed by atoms with Crippen molar-refractivity contribution in [2.24, 2.45) is 5.73 Å². The summed E-state index contributed by atoms with van der Waals surface area (Å²) in [6.07, 6.45) is -0.327. The summed E-state index contributed by atoms with van der Waals surface area (Å²) in [6.45, 7) is 4.78. The van der Waals surface area contributed by atoms with E-state index in [1.807, 2.05) is 0 Å². The normalized spacial score (nSPS) is 11.5. The van der Waals surface area contributed by atoms with Crippen molar-refractivity contribution in [1.29, 1.82) is 0 Å². The number of halogens is 2. The maximum Gasteiger partial charge on any atom is 0.350 e. The predicted octanol–water partition coefficient (Wildman–Crippen LogP) is 1.64. The van der Waals surface area contributed by atoms with Gasteiger partial charge in [-0.05, 0) is 31.9 Å². The fourth-order valence-corrected chi connectivity index (χ4v) is 1.88. The molecule has 20 heavy (non-hydrogen) atoms. The van der Waals surface area contributed by atoms with Gasteiger partial charge < -0.3 is 11.1 Å². The molecule has 0 bridgehead atoms. The standard InChI is InChI=1S/C14H18F2N2O2/c1-8(2)18-13(20)14(15,16)11-6-4-5-9(3)10(11)7-12(17)19/h4-6,8H,7H2,1-3H3,(H2,17,19)(H,18,20). The van der Waals surface area contributed by atoms with Crippen molar-refractivity contribution in [3.63, 3.8) is 0 Å². The molecule has 3 N–H and O–H groups in total. The van der Waals surface area contributed by atoms with Gasteiger partial charge in [-0.25, -0.2) is 0 Å². The lowest BCUT2D eigenvalue weighted by molar-refractivity contribution is -0.147. The first-order valence-electron chi connectivity index (χ1n) is 6.22. The minimum Gasteiger partial charge on any atom is -0.369 e. The second kappa shape index (κ2) is 5.98. The summed E-state index contributed by atoms with van der Waals surface area (Å²) < 4.78 is 28.5. The summed E-state index contributed by atoms with van der Waals surface area (Å²) in [6, 6.07) is 3.76. The minimum absolute atomic E-state index is 0.101. The molecule has 1 aromatic rings. The van der Waals surface area contributed by atoms with Gasteiger partial charge in [0.1, 0.15) is 0 Å². The van der Waals surface area contributed by atoms with Crippen LogP contribution in [0.1, 0.15) is 30.5 Å². The number of hydrogen-bond acceptors (Lipinski definition) is 2. The molecule has 0 aliphatic rings. The molecule has 0 heterocycles. The van der Waals surface area contributed by atoms with Crippen LogP contribution in [0.3, 0.4) is 0 Å². The molecule has 1 rings (SSSR count). The van der Waals surface area contributed by atoms with Crippen molar-refractivity contribution in [3.8, 4) is 0 Å². The molecule has 1 aromatic carbocycles. The zero-order valence-electron chi connectivity index (χ0n) is 11.7. The Labute approximate surface area is 116 Å². The Morgan fingerprint density at radius 2 is 1.95 bits per heavy atom. The Hall–Kier alpha value is -1.98. The summed E-state index contributed by atoms with van der Waals surface area (Å²) >= 11 is 0. The third kappa shape index (κ3) is 3.53. The quantitative estimate of drug-likeness (QED) is 0.862. The number of hydrogen-bond donors (Lipinski definition) is 2. The van der Waals surface area contributed by atoms with Crippen molar-refractivity contribution < 1.29 is 18.4 Å². The van der Waals surface area contributed by atoms with Crippen molar-refractivity contribution in [3.05, 3.63) is 34.9 Å². The van der Waals surface area contributed by atoms with Crippen molar-refractivity contribution in [2.45, 2.75) is 39.2 Å². The molecular formula is C14H18F2N2O2. The number of benzene rings is 1. The molecule has 2 amide bonds. The van der Waals surface area contributed by atoms with Gasteiger partial charge >= 0.3 is 5.92 Å². The largest absolute Gasteiger partial charge is 0.369 e. The van der Waals surface area contributed by atoms with Crippen molar-refractivity contribution in [1.82, 2.24) is 5.32 Å². The van der Waals surface area contributed by atoms with Crippen LogP contribution in [0.4, 0.5) is 8.78 Å². The van der Waals surface area contributed by atoms with Crippen LogP contribution in [0.15, 0.2) is 18.2 Å². The number of aryl methyl sites for hydroxylation is 1. The maximum atomic E-state index is 14.2. The van der Waals surface area contributed by atoms with Crippen LogP contribution < -0.4 is 11.1 Å². The van der Waals surface area contributed by atoms with Crippen LogP contribution >= 0.6 is 0 Å².